The second kappa shape index (κ2) is 16.0. The summed E-state index contributed by atoms with van der Waals surface area (Å²) in [5.74, 6) is -0.994. The number of aromatic carboxylic acids is 1. The number of carbonyl (C=O) groups is 1. The molecule has 0 aliphatic heterocycles. The summed E-state index contributed by atoms with van der Waals surface area (Å²) in [6.45, 7) is 1.20. The molecule has 0 fully saturated rings. The van der Waals surface area contributed by atoms with Crippen LogP contribution in [0.4, 0.5) is 13.2 Å². The van der Waals surface area contributed by atoms with E-state index in [4.69, 9.17) is 11.6 Å². The summed E-state index contributed by atoms with van der Waals surface area (Å²) < 4.78 is 73.7. The molecular weight excluding hydrogens is 721 g/mol. The molecule has 0 bridgehead atoms. The normalized spacial score (nSPS) is 12.7. The molecule has 1 heterocycles. The first-order valence-corrected chi connectivity index (χ1v) is 19.2. The van der Waals surface area contributed by atoms with Gasteiger partial charge in [-0.2, -0.15) is 13.2 Å². The van der Waals surface area contributed by atoms with Crippen LogP contribution in [0.3, 0.4) is 0 Å². The van der Waals surface area contributed by atoms with Gasteiger partial charge >= 0.3 is 12.1 Å². The van der Waals surface area contributed by atoms with Crippen LogP contribution in [0, 0.1) is 0 Å². The molecule has 0 saturated carbocycles. The Balaban J connectivity index is 1.41. The molecular formula is C42H38ClF3N2O4S. The number of nitrogens with zero attached hydrogens (tertiary/aromatic N) is 1. The summed E-state index contributed by atoms with van der Waals surface area (Å²) in [6.07, 6.45) is -2.52. The van der Waals surface area contributed by atoms with E-state index in [0.717, 1.165) is 44.9 Å². The van der Waals surface area contributed by atoms with Crippen molar-refractivity contribution in [2.45, 2.75) is 50.1 Å². The zero-order valence-corrected chi connectivity index (χ0v) is 30.4. The Hall–Kier alpha value is -4.90. The molecule has 6 aromatic rings. The molecule has 274 valence electrons. The topological polar surface area (TPSA) is 88.4 Å². The van der Waals surface area contributed by atoms with E-state index in [1.165, 1.54) is 25.1 Å². The second-order valence-corrected chi connectivity index (χ2v) is 15.5. The zero-order valence-electron chi connectivity index (χ0n) is 28.9. The molecule has 5 aromatic carbocycles. The molecule has 0 saturated heterocycles. The number of aromatic nitrogens is 1. The Morgan fingerprint density at radius 1 is 0.811 bits per heavy atom. The van der Waals surface area contributed by atoms with Gasteiger partial charge in [0.25, 0.3) is 0 Å². The van der Waals surface area contributed by atoms with Crippen molar-refractivity contribution >= 4 is 38.5 Å². The minimum absolute atomic E-state index is 0.0646. The smallest absolute Gasteiger partial charge is 0.416 e. The van der Waals surface area contributed by atoms with Crippen molar-refractivity contribution in [3.63, 3.8) is 0 Å². The molecule has 0 radical (unpaired) electrons. The van der Waals surface area contributed by atoms with Gasteiger partial charge in [0.1, 0.15) is 0 Å². The lowest BCUT2D eigenvalue weighted by molar-refractivity contribution is -0.138. The number of hydrogen-bond acceptors (Lipinski definition) is 3. The van der Waals surface area contributed by atoms with E-state index in [1.54, 1.807) is 24.3 Å². The summed E-state index contributed by atoms with van der Waals surface area (Å²) in [5.41, 5.74) is 4.65. The minimum Gasteiger partial charge on any atom is -0.478 e. The Labute approximate surface area is 311 Å². The summed E-state index contributed by atoms with van der Waals surface area (Å²) in [4.78, 5) is 11.4. The van der Waals surface area contributed by atoms with E-state index in [1.807, 2.05) is 78.9 Å². The number of halogens is 4. The highest BCUT2D eigenvalue weighted by atomic mass is 35.5. The van der Waals surface area contributed by atoms with Gasteiger partial charge in [0, 0.05) is 34.6 Å². The summed E-state index contributed by atoms with van der Waals surface area (Å²) in [7, 11) is -4.24. The van der Waals surface area contributed by atoms with Gasteiger partial charge in [-0.15, -0.1) is 0 Å². The minimum atomic E-state index is -4.71. The summed E-state index contributed by atoms with van der Waals surface area (Å²) in [5, 5.41) is 9.32. The maximum Gasteiger partial charge on any atom is 0.416 e. The van der Waals surface area contributed by atoms with Crippen molar-refractivity contribution in [1.82, 2.24) is 9.29 Å². The fourth-order valence-electron chi connectivity index (χ4n) is 7.01. The van der Waals surface area contributed by atoms with Crippen LogP contribution in [0.1, 0.15) is 74.1 Å². The Bertz CT molecular complexity index is 2270. The second-order valence-electron chi connectivity index (χ2n) is 13.0. The average Bonchev–Trinajstić information content (AvgIpc) is 3.43. The van der Waals surface area contributed by atoms with Gasteiger partial charge in [-0.05, 0) is 90.4 Å². The van der Waals surface area contributed by atoms with Crippen LogP contribution in [0.15, 0.2) is 127 Å². The number of carboxylic acid groups (broad SMARTS) is 1. The number of rotatable bonds is 14. The van der Waals surface area contributed by atoms with Crippen LogP contribution in [0.25, 0.3) is 10.9 Å². The van der Waals surface area contributed by atoms with Crippen LogP contribution in [-0.4, -0.2) is 30.6 Å². The largest absolute Gasteiger partial charge is 0.478 e. The monoisotopic (exact) mass is 758 g/mol. The molecule has 6 nitrogen and oxygen atoms in total. The van der Waals surface area contributed by atoms with Crippen molar-refractivity contribution in [2.75, 3.05) is 6.54 Å². The molecule has 1 atom stereocenters. The highest BCUT2D eigenvalue weighted by Crippen LogP contribution is 2.39. The molecule has 53 heavy (non-hydrogen) atoms. The van der Waals surface area contributed by atoms with Crippen LogP contribution < -0.4 is 4.72 Å². The molecule has 2 N–H and O–H groups in total. The van der Waals surface area contributed by atoms with E-state index in [0.29, 0.717) is 24.3 Å². The average molecular weight is 759 g/mol. The van der Waals surface area contributed by atoms with E-state index in [-0.39, 0.29) is 30.1 Å². The van der Waals surface area contributed by atoms with Gasteiger partial charge in [0.15, 0.2) is 0 Å². The zero-order chi connectivity index (χ0) is 37.8. The van der Waals surface area contributed by atoms with Crippen LogP contribution in [0.2, 0.25) is 5.02 Å². The maximum absolute atomic E-state index is 13.9. The van der Waals surface area contributed by atoms with Crippen molar-refractivity contribution in [1.29, 1.82) is 0 Å². The predicted octanol–water partition coefficient (Wildman–Crippen LogP) is 10.0. The number of carboxylic acids is 1. The quantitative estimate of drug-likeness (QED) is 0.116. The molecule has 11 heteroatoms. The molecule has 0 aliphatic rings. The van der Waals surface area contributed by atoms with Crippen molar-refractivity contribution in [2.24, 2.45) is 0 Å². The third-order valence-corrected chi connectivity index (χ3v) is 11.6. The number of fused-ring (bicyclic) bond motifs is 1. The first kappa shape index (κ1) is 37.8. The van der Waals surface area contributed by atoms with Gasteiger partial charge in [-0.1, -0.05) is 103 Å². The number of aryl methyl sites for hydroxylation is 2. The third-order valence-electron chi connectivity index (χ3n) is 9.60. The van der Waals surface area contributed by atoms with E-state index in [2.05, 4.69) is 9.29 Å². The van der Waals surface area contributed by atoms with Crippen molar-refractivity contribution in [3.05, 3.63) is 177 Å². The number of benzene rings is 5. The van der Waals surface area contributed by atoms with Gasteiger partial charge in [0.05, 0.1) is 22.4 Å². The van der Waals surface area contributed by atoms with E-state index < -0.39 is 33.0 Å². The summed E-state index contributed by atoms with van der Waals surface area (Å²) >= 11 is 6.61. The van der Waals surface area contributed by atoms with Gasteiger partial charge < -0.3 is 9.67 Å². The first-order valence-electron chi connectivity index (χ1n) is 17.2. The molecule has 1 aromatic heterocycles. The molecule has 1 unspecified atom stereocenters. The van der Waals surface area contributed by atoms with Crippen LogP contribution >= 0.6 is 11.6 Å². The third kappa shape index (κ3) is 8.51. The lowest BCUT2D eigenvalue weighted by Crippen LogP contribution is -2.31. The standard InChI is InChI=1S/C42H38ClF3N2O4S/c1-28(34-16-8-9-18-37(34)42(44,45)46)53(51,52)47-26-25-39-35(17-10-11-29-19-21-32(22-20-29)41(49)50)36-27-33(43)23-24-38(36)48(39)40(30-12-4-2-5-13-30)31-14-6-3-7-15-31/h2-9,12-16,18-24,27-28,40,47H,10-11,17,25-26H2,1H3,(H,49,50). The molecule has 0 aliphatic carbocycles. The van der Waals surface area contributed by atoms with Crippen LogP contribution in [-0.2, 0) is 35.5 Å². The number of sulfonamides is 1. The molecule has 0 amide bonds. The number of hydrogen-bond donors (Lipinski definition) is 2. The fourth-order valence-corrected chi connectivity index (χ4v) is 8.36. The number of alkyl halides is 3. The van der Waals surface area contributed by atoms with Gasteiger partial charge in [-0.3, -0.25) is 0 Å². The maximum atomic E-state index is 13.9. The highest BCUT2D eigenvalue weighted by molar-refractivity contribution is 7.89. The van der Waals surface area contributed by atoms with Gasteiger partial charge in [-0.25, -0.2) is 17.9 Å². The number of nitrogens with one attached hydrogen (secondary N) is 1. The highest BCUT2D eigenvalue weighted by Gasteiger charge is 2.37. The van der Waals surface area contributed by atoms with Crippen molar-refractivity contribution in [3.8, 4) is 0 Å². The lowest BCUT2D eigenvalue weighted by atomic mass is 9.97. The Morgan fingerprint density at radius 2 is 1.42 bits per heavy atom. The summed E-state index contributed by atoms with van der Waals surface area (Å²) in [6, 6.07) is 36.9. The fraction of sp³-hybridized carbons (Fsp3) is 0.214. The van der Waals surface area contributed by atoms with E-state index >= 15 is 0 Å². The Morgan fingerprint density at radius 3 is 2.02 bits per heavy atom. The van der Waals surface area contributed by atoms with E-state index in [9.17, 15) is 31.5 Å². The van der Waals surface area contributed by atoms with Gasteiger partial charge in [0.2, 0.25) is 10.0 Å². The Kier molecular flexibility index (Phi) is 11.4. The predicted molar refractivity (Wildman–Crippen MR) is 203 cm³/mol. The SMILES string of the molecule is CC(c1ccccc1C(F)(F)F)S(=O)(=O)NCCc1c(CCCc2ccc(C(=O)O)cc2)c2cc(Cl)ccc2n1C(c1ccccc1)c1ccccc1. The lowest BCUT2D eigenvalue weighted by Gasteiger charge is -2.25. The first-order chi connectivity index (χ1) is 25.3. The molecule has 6 rings (SSSR count). The molecule has 0 spiro atoms. The van der Waals surface area contributed by atoms with Crippen LogP contribution in [0.5, 0.6) is 0 Å². The van der Waals surface area contributed by atoms with Crippen molar-refractivity contribution < 1.29 is 31.5 Å².